The second-order valence-corrected chi connectivity index (χ2v) is 8.62. The zero-order chi connectivity index (χ0) is 22.6. The summed E-state index contributed by atoms with van der Waals surface area (Å²) in [6.45, 7) is 9.53. The number of amides is 2. The molecule has 3 rings (SSSR count). The highest BCUT2D eigenvalue weighted by Gasteiger charge is 2.29. The van der Waals surface area contributed by atoms with Crippen LogP contribution in [0.1, 0.15) is 44.0 Å². The van der Waals surface area contributed by atoms with Crippen LogP contribution in [-0.4, -0.2) is 55.3 Å². The summed E-state index contributed by atoms with van der Waals surface area (Å²) in [6.07, 6.45) is -0.528. The van der Waals surface area contributed by atoms with Gasteiger partial charge in [0, 0.05) is 37.4 Å². The Morgan fingerprint density at radius 3 is 2.65 bits per heavy atom. The van der Waals surface area contributed by atoms with Crippen LogP contribution in [0.2, 0.25) is 0 Å². The van der Waals surface area contributed by atoms with Crippen molar-refractivity contribution >= 4 is 17.7 Å². The molecule has 1 atom stereocenters. The SMILES string of the molecule is COc1cccc(N2CCN(C(=O)c3ccc(CNC(=O)OC(C)(C)C)o3)C[C@H]2C)c1. The number of nitrogens with one attached hydrogen (secondary N) is 1. The molecule has 1 aromatic heterocycles. The van der Waals surface area contributed by atoms with E-state index >= 15 is 0 Å². The summed E-state index contributed by atoms with van der Waals surface area (Å²) in [6, 6.07) is 11.4. The lowest BCUT2D eigenvalue weighted by molar-refractivity contribution is 0.0519. The number of methoxy groups -OCH3 is 1. The Balaban J connectivity index is 1.56. The highest BCUT2D eigenvalue weighted by Crippen LogP contribution is 2.25. The molecule has 1 fully saturated rings. The van der Waals surface area contributed by atoms with E-state index in [0.29, 0.717) is 25.4 Å². The molecule has 2 amide bonds. The van der Waals surface area contributed by atoms with Crippen molar-refractivity contribution in [2.45, 2.75) is 45.9 Å². The van der Waals surface area contributed by atoms with Crippen LogP contribution in [0.3, 0.4) is 0 Å². The molecule has 0 unspecified atom stereocenters. The van der Waals surface area contributed by atoms with Gasteiger partial charge >= 0.3 is 6.09 Å². The second kappa shape index (κ2) is 9.32. The molecule has 1 aliphatic heterocycles. The lowest BCUT2D eigenvalue weighted by Crippen LogP contribution is -2.53. The van der Waals surface area contributed by atoms with Gasteiger partial charge in [-0.2, -0.15) is 0 Å². The average Bonchev–Trinajstić information content (AvgIpc) is 3.19. The molecule has 0 saturated carbocycles. The van der Waals surface area contributed by atoms with Crippen LogP contribution < -0.4 is 15.0 Å². The number of piperazine rings is 1. The van der Waals surface area contributed by atoms with Gasteiger partial charge in [-0.3, -0.25) is 4.79 Å². The van der Waals surface area contributed by atoms with E-state index in [9.17, 15) is 9.59 Å². The largest absolute Gasteiger partial charge is 0.497 e. The van der Waals surface area contributed by atoms with E-state index in [2.05, 4.69) is 17.1 Å². The number of alkyl carbamates (subject to hydrolysis) is 1. The van der Waals surface area contributed by atoms with Gasteiger partial charge in [-0.1, -0.05) is 6.07 Å². The Labute approximate surface area is 183 Å². The Morgan fingerprint density at radius 1 is 1.19 bits per heavy atom. The van der Waals surface area contributed by atoms with Gasteiger partial charge in [0.25, 0.3) is 5.91 Å². The maximum atomic E-state index is 12.9. The van der Waals surface area contributed by atoms with E-state index in [4.69, 9.17) is 13.9 Å². The first-order valence-electron chi connectivity index (χ1n) is 10.4. The van der Waals surface area contributed by atoms with Crippen molar-refractivity contribution in [3.63, 3.8) is 0 Å². The van der Waals surface area contributed by atoms with Crippen LogP contribution in [0.25, 0.3) is 0 Å². The number of hydrogen-bond donors (Lipinski definition) is 1. The summed E-state index contributed by atoms with van der Waals surface area (Å²) in [5, 5.41) is 2.63. The summed E-state index contributed by atoms with van der Waals surface area (Å²) in [7, 11) is 1.65. The molecule has 2 heterocycles. The predicted octanol–water partition coefficient (Wildman–Crippen LogP) is 3.66. The molecule has 31 heavy (non-hydrogen) atoms. The lowest BCUT2D eigenvalue weighted by atomic mass is 10.1. The number of nitrogens with zero attached hydrogens (tertiary/aromatic N) is 2. The van der Waals surface area contributed by atoms with Crippen molar-refractivity contribution in [2.24, 2.45) is 0 Å². The van der Waals surface area contributed by atoms with E-state index in [1.165, 1.54) is 0 Å². The summed E-state index contributed by atoms with van der Waals surface area (Å²) in [4.78, 5) is 28.8. The topological polar surface area (TPSA) is 84.2 Å². The molecule has 1 saturated heterocycles. The van der Waals surface area contributed by atoms with Gasteiger partial charge < -0.3 is 29.0 Å². The van der Waals surface area contributed by atoms with E-state index < -0.39 is 11.7 Å². The van der Waals surface area contributed by atoms with Gasteiger partial charge in [0.05, 0.1) is 13.7 Å². The minimum absolute atomic E-state index is 0.146. The minimum atomic E-state index is -0.571. The van der Waals surface area contributed by atoms with Crippen molar-refractivity contribution in [1.29, 1.82) is 0 Å². The van der Waals surface area contributed by atoms with Crippen molar-refractivity contribution in [1.82, 2.24) is 10.2 Å². The molecular formula is C23H31N3O5. The Bertz CT molecular complexity index is 918. The number of carbonyl (C=O) groups is 2. The van der Waals surface area contributed by atoms with Crippen molar-refractivity contribution in [3.05, 3.63) is 47.9 Å². The Kier molecular flexibility index (Phi) is 6.77. The van der Waals surface area contributed by atoms with Gasteiger partial charge in [-0.25, -0.2) is 4.79 Å². The standard InChI is InChI=1S/C23H31N3O5/c1-16-15-25(11-12-26(16)17-7-6-8-18(13-17)29-5)21(27)20-10-9-19(30-20)14-24-22(28)31-23(2,3)4/h6-10,13,16H,11-12,14-15H2,1-5H3,(H,24,28)/t16-/m1/s1. The van der Waals surface area contributed by atoms with Crippen molar-refractivity contribution in [2.75, 3.05) is 31.6 Å². The average molecular weight is 430 g/mol. The van der Waals surface area contributed by atoms with E-state index in [0.717, 1.165) is 11.4 Å². The number of carbonyl (C=O) groups excluding carboxylic acids is 2. The molecule has 0 spiro atoms. The summed E-state index contributed by atoms with van der Waals surface area (Å²) < 4.78 is 16.2. The zero-order valence-corrected chi connectivity index (χ0v) is 18.8. The van der Waals surface area contributed by atoms with Gasteiger partial charge in [0.1, 0.15) is 17.1 Å². The summed E-state index contributed by atoms with van der Waals surface area (Å²) in [5.74, 6) is 1.42. The molecule has 8 heteroatoms. The van der Waals surface area contributed by atoms with Crippen LogP contribution in [0.4, 0.5) is 10.5 Å². The first-order chi connectivity index (χ1) is 14.7. The fourth-order valence-electron chi connectivity index (χ4n) is 3.53. The smallest absolute Gasteiger partial charge is 0.408 e. The molecule has 1 aliphatic rings. The number of anilines is 1. The predicted molar refractivity (Wildman–Crippen MR) is 117 cm³/mol. The Hall–Kier alpha value is -3.16. The van der Waals surface area contributed by atoms with E-state index in [-0.39, 0.29) is 24.3 Å². The summed E-state index contributed by atoms with van der Waals surface area (Å²) >= 11 is 0. The fourth-order valence-corrected chi connectivity index (χ4v) is 3.53. The molecule has 1 aromatic carbocycles. The third-order valence-electron chi connectivity index (χ3n) is 4.98. The highest BCUT2D eigenvalue weighted by molar-refractivity contribution is 5.91. The molecule has 8 nitrogen and oxygen atoms in total. The molecule has 0 radical (unpaired) electrons. The van der Waals surface area contributed by atoms with Crippen molar-refractivity contribution in [3.8, 4) is 5.75 Å². The number of benzene rings is 1. The van der Waals surface area contributed by atoms with Crippen LogP contribution in [0.5, 0.6) is 5.75 Å². The normalized spacial score (nSPS) is 16.7. The molecular weight excluding hydrogens is 398 g/mol. The molecule has 2 aromatic rings. The maximum Gasteiger partial charge on any atom is 0.408 e. The number of ether oxygens (including phenoxy) is 2. The minimum Gasteiger partial charge on any atom is -0.497 e. The Morgan fingerprint density at radius 2 is 1.97 bits per heavy atom. The molecule has 0 bridgehead atoms. The highest BCUT2D eigenvalue weighted by atomic mass is 16.6. The lowest BCUT2D eigenvalue weighted by Gasteiger charge is -2.41. The zero-order valence-electron chi connectivity index (χ0n) is 18.8. The number of rotatable bonds is 5. The van der Waals surface area contributed by atoms with Crippen LogP contribution in [0.15, 0.2) is 40.8 Å². The number of furan rings is 1. The van der Waals surface area contributed by atoms with E-state index in [1.807, 2.05) is 24.3 Å². The van der Waals surface area contributed by atoms with Crippen LogP contribution in [0, 0.1) is 0 Å². The molecule has 1 N–H and O–H groups in total. The monoisotopic (exact) mass is 429 g/mol. The van der Waals surface area contributed by atoms with Gasteiger partial charge in [0.15, 0.2) is 5.76 Å². The van der Waals surface area contributed by atoms with E-state index in [1.54, 1.807) is 44.9 Å². The third kappa shape index (κ3) is 5.93. The first kappa shape index (κ1) is 22.5. The van der Waals surface area contributed by atoms with Gasteiger partial charge in [-0.15, -0.1) is 0 Å². The fraction of sp³-hybridized carbons (Fsp3) is 0.478. The van der Waals surface area contributed by atoms with Crippen molar-refractivity contribution < 1.29 is 23.5 Å². The quantitative estimate of drug-likeness (QED) is 0.781. The second-order valence-electron chi connectivity index (χ2n) is 8.62. The van der Waals surface area contributed by atoms with Crippen LogP contribution >= 0.6 is 0 Å². The van der Waals surface area contributed by atoms with Gasteiger partial charge in [0.2, 0.25) is 0 Å². The maximum absolute atomic E-state index is 12.9. The number of hydrogen-bond acceptors (Lipinski definition) is 6. The molecule has 168 valence electrons. The first-order valence-corrected chi connectivity index (χ1v) is 10.4. The molecule has 0 aliphatic carbocycles. The summed E-state index contributed by atoms with van der Waals surface area (Å²) in [5.41, 5.74) is 0.505. The third-order valence-corrected chi connectivity index (χ3v) is 4.98. The van der Waals surface area contributed by atoms with Gasteiger partial charge in [-0.05, 0) is 52.0 Å². The van der Waals surface area contributed by atoms with Crippen LogP contribution in [-0.2, 0) is 11.3 Å².